The van der Waals surface area contributed by atoms with Crippen LogP contribution in [0.2, 0.25) is 0 Å². The van der Waals surface area contributed by atoms with Gasteiger partial charge in [-0.3, -0.25) is 0 Å². The maximum absolute atomic E-state index is 11.7. The van der Waals surface area contributed by atoms with Crippen LogP contribution in [0.25, 0.3) is 0 Å². The van der Waals surface area contributed by atoms with Gasteiger partial charge in [-0.25, -0.2) is 9.48 Å². The molecule has 21 heavy (non-hydrogen) atoms. The summed E-state index contributed by atoms with van der Waals surface area (Å²) in [6.45, 7) is 4.34. The summed E-state index contributed by atoms with van der Waals surface area (Å²) in [7, 11) is 1.33. The standard InChI is InChI=1S/C15H25N3O3/c1-10(2)14-13(15(20)21-3)16-17-18(14)9-12(19)8-11-6-4-5-7-11/h10-12,19H,4-9H2,1-3H3. The molecule has 6 heteroatoms. The fraction of sp³-hybridized carbons (Fsp3) is 0.800. The number of rotatable bonds is 6. The van der Waals surface area contributed by atoms with Crippen LogP contribution in [-0.2, 0) is 11.3 Å². The fourth-order valence-electron chi connectivity index (χ4n) is 3.17. The maximum atomic E-state index is 11.7. The Labute approximate surface area is 125 Å². The number of ether oxygens (including phenoxy) is 1. The summed E-state index contributed by atoms with van der Waals surface area (Å²) >= 11 is 0. The van der Waals surface area contributed by atoms with E-state index in [1.54, 1.807) is 4.68 Å². The Kier molecular flexibility index (Phi) is 5.33. The van der Waals surface area contributed by atoms with Crippen molar-refractivity contribution in [2.75, 3.05) is 7.11 Å². The van der Waals surface area contributed by atoms with Crippen molar-refractivity contribution in [2.24, 2.45) is 5.92 Å². The third-order valence-electron chi connectivity index (χ3n) is 4.16. The molecule has 1 saturated carbocycles. The molecular weight excluding hydrogens is 270 g/mol. The molecule has 6 nitrogen and oxygen atoms in total. The van der Waals surface area contributed by atoms with Crippen LogP contribution in [0.4, 0.5) is 0 Å². The molecule has 1 heterocycles. The van der Waals surface area contributed by atoms with E-state index in [9.17, 15) is 9.90 Å². The number of carbonyl (C=O) groups is 1. The lowest BCUT2D eigenvalue weighted by molar-refractivity contribution is 0.0591. The minimum Gasteiger partial charge on any atom is -0.464 e. The van der Waals surface area contributed by atoms with Gasteiger partial charge in [-0.2, -0.15) is 0 Å². The summed E-state index contributed by atoms with van der Waals surface area (Å²) in [4.78, 5) is 11.7. The summed E-state index contributed by atoms with van der Waals surface area (Å²) in [5.41, 5.74) is 0.980. The van der Waals surface area contributed by atoms with Crippen LogP contribution in [0, 0.1) is 5.92 Å². The van der Waals surface area contributed by atoms with Crippen LogP contribution < -0.4 is 0 Å². The summed E-state index contributed by atoms with van der Waals surface area (Å²) in [6, 6.07) is 0. The second kappa shape index (κ2) is 7.02. The number of aromatic nitrogens is 3. The van der Waals surface area contributed by atoms with Crippen LogP contribution >= 0.6 is 0 Å². The highest BCUT2D eigenvalue weighted by atomic mass is 16.5. The Bertz CT molecular complexity index is 479. The third kappa shape index (κ3) is 3.81. The van der Waals surface area contributed by atoms with Gasteiger partial charge in [-0.15, -0.1) is 5.10 Å². The van der Waals surface area contributed by atoms with Crippen molar-refractivity contribution in [3.63, 3.8) is 0 Å². The van der Waals surface area contributed by atoms with Gasteiger partial charge in [0.05, 0.1) is 25.5 Å². The van der Waals surface area contributed by atoms with Gasteiger partial charge < -0.3 is 9.84 Å². The predicted molar refractivity (Wildman–Crippen MR) is 78.0 cm³/mol. The van der Waals surface area contributed by atoms with E-state index in [0.717, 1.165) is 12.1 Å². The number of hydrogen-bond donors (Lipinski definition) is 1. The minimum absolute atomic E-state index is 0.0905. The van der Waals surface area contributed by atoms with Crippen LogP contribution in [0.3, 0.4) is 0 Å². The quantitative estimate of drug-likeness (QED) is 0.813. The van der Waals surface area contributed by atoms with Gasteiger partial charge in [0, 0.05) is 0 Å². The van der Waals surface area contributed by atoms with Crippen molar-refractivity contribution in [2.45, 2.75) is 64.5 Å². The summed E-state index contributed by atoms with van der Waals surface area (Å²) in [6.07, 6.45) is 5.30. The van der Waals surface area contributed by atoms with Crippen molar-refractivity contribution in [1.29, 1.82) is 0 Å². The van der Waals surface area contributed by atoms with Gasteiger partial charge in [0.1, 0.15) is 0 Å². The summed E-state index contributed by atoms with van der Waals surface area (Å²) < 4.78 is 6.39. The Balaban J connectivity index is 2.08. The number of aliphatic hydroxyl groups excluding tert-OH is 1. The van der Waals surface area contributed by atoms with Crippen molar-refractivity contribution < 1.29 is 14.6 Å². The SMILES string of the molecule is COC(=O)c1nnn(CC(O)CC2CCCC2)c1C(C)C. The highest BCUT2D eigenvalue weighted by molar-refractivity contribution is 5.88. The number of aliphatic hydroxyl groups is 1. The number of nitrogens with zero attached hydrogens (tertiary/aromatic N) is 3. The largest absolute Gasteiger partial charge is 0.464 e. The Hall–Kier alpha value is -1.43. The average Bonchev–Trinajstić information content (AvgIpc) is 3.07. The summed E-state index contributed by atoms with van der Waals surface area (Å²) in [5, 5.41) is 18.2. The molecular formula is C15H25N3O3. The normalized spacial score (nSPS) is 17.4. The van der Waals surface area contributed by atoms with Crippen LogP contribution in [0.1, 0.15) is 68.1 Å². The van der Waals surface area contributed by atoms with E-state index >= 15 is 0 Å². The Morgan fingerprint density at radius 2 is 2.10 bits per heavy atom. The molecule has 1 aromatic heterocycles. The van der Waals surface area contributed by atoms with E-state index in [-0.39, 0.29) is 11.6 Å². The first-order valence-corrected chi connectivity index (χ1v) is 7.72. The zero-order chi connectivity index (χ0) is 15.4. The zero-order valence-corrected chi connectivity index (χ0v) is 13.1. The van der Waals surface area contributed by atoms with Gasteiger partial charge in [0.15, 0.2) is 5.69 Å². The molecule has 1 fully saturated rings. The smallest absolute Gasteiger partial charge is 0.360 e. The van der Waals surface area contributed by atoms with Crippen LogP contribution in [0.15, 0.2) is 0 Å². The van der Waals surface area contributed by atoms with E-state index in [0.29, 0.717) is 12.5 Å². The number of hydrogen-bond acceptors (Lipinski definition) is 5. The number of methoxy groups -OCH3 is 1. The van der Waals surface area contributed by atoms with Gasteiger partial charge in [0.2, 0.25) is 0 Å². The molecule has 1 aliphatic rings. The van der Waals surface area contributed by atoms with Crippen molar-refractivity contribution in [3.8, 4) is 0 Å². The molecule has 1 aliphatic carbocycles. The number of carbonyl (C=O) groups excluding carboxylic acids is 1. The molecule has 0 aliphatic heterocycles. The van der Waals surface area contributed by atoms with E-state index in [2.05, 4.69) is 10.3 Å². The average molecular weight is 295 g/mol. The van der Waals surface area contributed by atoms with Crippen molar-refractivity contribution >= 4 is 5.97 Å². The minimum atomic E-state index is -0.477. The first kappa shape index (κ1) is 15.9. The lowest BCUT2D eigenvalue weighted by Gasteiger charge is -2.17. The molecule has 1 unspecified atom stereocenters. The van der Waals surface area contributed by atoms with Crippen LogP contribution in [0.5, 0.6) is 0 Å². The Morgan fingerprint density at radius 3 is 2.67 bits per heavy atom. The maximum Gasteiger partial charge on any atom is 0.360 e. The zero-order valence-electron chi connectivity index (χ0n) is 13.1. The molecule has 0 amide bonds. The molecule has 0 radical (unpaired) electrons. The van der Waals surface area contributed by atoms with Crippen molar-refractivity contribution in [1.82, 2.24) is 15.0 Å². The first-order valence-electron chi connectivity index (χ1n) is 7.72. The molecule has 0 spiro atoms. The van der Waals surface area contributed by atoms with E-state index in [4.69, 9.17) is 4.74 Å². The second-order valence-corrected chi connectivity index (χ2v) is 6.19. The third-order valence-corrected chi connectivity index (χ3v) is 4.16. The topological polar surface area (TPSA) is 77.2 Å². The van der Waals surface area contributed by atoms with Crippen LogP contribution in [-0.4, -0.2) is 39.3 Å². The molecule has 2 rings (SSSR count). The molecule has 0 saturated heterocycles. The summed E-state index contributed by atoms with van der Waals surface area (Å²) in [5.74, 6) is 0.231. The van der Waals surface area contributed by atoms with E-state index in [1.165, 1.54) is 32.8 Å². The first-order chi connectivity index (χ1) is 10.0. The van der Waals surface area contributed by atoms with E-state index < -0.39 is 12.1 Å². The predicted octanol–water partition coefficient (Wildman–Crippen LogP) is 2.13. The molecule has 1 N–H and O–H groups in total. The molecule has 1 aromatic rings. The fourth-order valence-corrected chi connectivity index (χ4v) is 3.17. The highest BCUT2D eigenvalue weighted by Gasteiger charge is 2.25. The van der Waals surface area contributed by atoms with Gasteiger partial charge in [-0.05, 0) is 18.3 Å². The van der Waals surface area contributed by atoms with E-state index in [1.807, 2.05) is 13.8 Å². The Morgan fingerprint density at radius 1 is 1.43 bits per heavy atom. The number of esters is 1. The van der Waals surface area contributed by atoms with Gasteiger partial charge in [0.25, 0.3) is 0 Å². The van der Waals surface area contributed by atoms with Gasteiger partial charge in [-0.1, -0.05) is 44.7 Å². The molecule has 1 atom stereocenters. The molecule has 0 bridgehead atoms. The molecule has 118 valence electrons. The highest BCUT2D eigenvalue weighted by Crippen LogP contribution is 2.29. The second-order valence-electron chi connectivity index (χ2n) is 6.19. The monoisotopic (exact) mass is 295 g/mol. The lowest BCUT2D eigenvalue weighted by Crippen LogP contribution is -2.22. The molecule has 0 aromatic carbocycles. The lowest BCUT2D eigenvalue weighted by atomic mass is 10.00. The van der Waals surface area contributed by atoms with Crippen molar-refractivity contribution in [3.05, 3.63) is 11.4 Å². The van der Waals surface area contributed by atoms with Gasteiger partial charge >= 0.3 is 5.97 Å².